The second kappa shape index (κ2) is 7.36. The third-order valence-corrected chi connectivity index (χ3v) is 3.19. The summed E-state index contributed by atoms with van der Waals surface area (Å²) in [5.74, 6) is -1.59. The first-order chi connectivity index (χ1) is 8.95. The predicted molar refractivity (Wildman–Crippen MR) is 74.9 cm³/mol. The molecule has 4 nitrogen and oxygen atoms in total. The van der Waals surface area contributed by atoms with Gasteiger partial charge in [-0.3, -0.25) is 4.79 Å². The molecule has 0 heterocycles. The summed E-state index contributed by atoms with van der Waals surface area (Å²) in [7, 11) is 0. The highest BCUT2D eigenvalue weighted by molar-refractivity contribution is 6.35. The number of hydrogen-bond donors (Lipinski definition) is 2. The van der Waals surface area contributed by atoms with Crippen LogP contribution in [0, 0.1) is 0 Å². The fourth-order valence-corrected chi connectivity index (χ4v) is 1.95. The van der Waals surface area contributed by atoms with Crippen LogP contribution in [0.25, 0.3) is 0 Å². The van der Waals surface area contributed by atoms with E-state index in [1.165, 1.54) is 12.1 Å². The van der Waals surface area contributed by atoms with E-state index in [-0.39, 0.29) is 10.6 Å². The fraction of sp³-hybridized carbons (Fsp3) is 0.385. The number of benzene rings is 1. The molecule has 1 rings (SSSR count). The van der Waals surface area contributed by atoms with Crippen molar-refractivity contribution in [2.45, 2.75) is 32.2 Å². The number of carboxylic acid groups (broad SMARTS) is 1. The molecule has 0 aromatic heterocycles. The molecule has 0 aliphatic carbocycles. The van der Waals surface area contributed by atoms with Crippen molar-refractivity contribution in [2.24, 2.45) is 0 Å². The van der Waals surface area contributed by atoms with Gasteiger partial charge in [0, 0.05) is 5.02 Å². The lowest BCUT2D eigenvalue weighted by atomic mass is 10.1. The lowest BCUT2D eigenvalue weighted by molar-refractivity contribution is -0.139. The Hall–Kier alpha value is -1.26. The highest BCUT2D eigenvalue weighted by Gasteiger charge is 2.21. The first-order valence-electron chi connectivity index (χ1n) is 5.94. The van der Waals surface area contributed by atoms with Crippen molar-refractivity contribution in [3.63, 3.8) is 0 Å². The molecule has 0 unspecified atom stereocenters. The summed E-state index contributed by atoms with van der Waals surface area (Å²) < 4.78 is 0. The second-order valence-electron chi connectivity index (χ2n) is 4.13. The minimum atomic E-state index is -1.06. The van der Waals surface area contributed by atoms with E-state index in [2.05, 4.69) is 5.32 Å². The minimum absolute atomic E-state index is 0.178. The van der Waals surface area contributed by atoms with Crippen LogP contribution in [0.4, 0.5) is 0 Å². The fourth-order valence-electron chi connectivity index (χ4n) is 1.57. The van der Waals surface area contributed by atoms with Crippen molar-refractivity contribution in [1.29, 1.82) is 0 Å². The van der Waals surface area contributed by atoms with Gasteiger partial charge in [0.1, 0.15) is 6.04 Å². The average molecular weight is 304 g/mol. The van der Waals surface area contributed by atoms with Crippen molar-refractivity contribution >= 4 is 35.1 Å². The van der Waals surface area contributed by atoms with Gasteiger partial charge < -0.3 is 10.4 Å². The summed E-state index contributed by atoms with van der Waals surface area (Å²) in [6.45, 7) is 1.95. The van der Waals surface area contributed by atoms with Gasteiger partial charge in [-0.1, -0.05) is 43.0 Å². The van der Waals surface area contributed by atoms with Crippen molar-refractivity contribution in [3.8, 4) is 0 Å². The Morgan fingerprint density at radius 2 is 2.05 bits per heavy atom. The van der Waals surface area contributed by atoms with Crippen molar-refractivity contribution in [2.75, 3.05) is 0 Å². The number of carbonyl (C=O) groups is 2. The molecule has 0 saturated heterocycles. The van der Waals surface area contributed by atoms with E-state index < -0.39 is 17.9 Å². The number of amides is 1. The van der Waals surface area contributed by atoms with Crippen LogP contribution >= 0.6 is 23.2 Å². The summed E-state index contributed by atoms with van der Waals surface area (Å²) in [6.07, 6.45) is 1.97. The molecule has 1 aromatic carbocycles. The first kappa shape index (κ1) is 15.8. The largest absolute Gasteiger partial charge is 0.480 e. The maximum atomic E-state index is 12.0. The Morgan fingerprint density at radius 3 is 2.63 bits per heavy atom. The normalized spacial score (nSPS) is 11.9. The van der Waals surface area contributed by atoms with Crippen LogP contribution in [0.1, 0.15) is 36.5 Å². The monoisotopic (exact) mass is 303 g/mol. The molecule has 0 bridgehead atoms. The molecule has 19 heavy (non-hydrogen) atoms. The first-order valence-corrected chi connectivity index (χ1v) is 6.70. The summed E-state index contributed by atoms with van der Waals surface area (Å²) >= 11 is 11.7. The Balaban J connectivity index is 2.81. The molecule has 0 spiro atoms. The third-order valence-electron chi connectivity index (χ3n) is 2.62. The van der Waals surface area contributed by atoms with E-state index in [9.17, 15) is 9.59 Å². The molecule has 1 amide bonds. The maximum absolute atomic E-state index is 12.0. The molecular weight excluding hydrogens is 289 g/mol. The van der Waals surface area contributed by atoms with Gasteiger partial charge in [0.25, 0.3) is 5.91 Å². The molecule has 0 saturated carbocycles. The molecular formula is C13H15Cl2NO3. The van der Waals surface area contributed by atoms with Gasteiger partial charge in [-0.25, -0.2) is 4.79 Å². The van der Waals surface area contributed by atoms with Gasteiger partial charge in [0.2, 0.25) is 0 Å². The van der Waals surface area contributed by atoms with E-state index in [0.29, 0.717) is 11.4 Å². The standard InChI is InChI=1S/C13H15Cl2NO3/c1-2-3-4-11(13(18)19)16-12(17)9-7-8(14)5-6-10(9)15/h5-7,11H,2-4H2,1H3,(H,16,17)(H,18,19)/t11-/m0/s1. The van der Waals surface area contributed by atoms with Gasteiger partial charge in [0.15, 0.2) is 0 Å². The number of unbranched alkanes of at least 4 members (excludes halogenated alkanes) is 1. The van der Waals surface area contributed by atoms with Crippen LogP contribution in [-0.4, -0.2) is 23.0 Å². The zero-order valence-electron chi connectivity index (χ0n) is 10.5. The SMILES string of the molecule is CCCC[C@H](NC(=O)c1cc(Cl)ccc1Cl)C(=O)O. The van der Waals surface area contributed by atoms with Gasteiger partial charge >= 0.3 is 5.97 Å². The highest BCUT2D eigenvalue weighted by Crippen LogP contribution is 2.20. The van der Waals surface area contributed by atoms with E-state index in [0.717, 1.165) is 12.8 Å². The lowest BCUT2D eigenvalue weighted by Crippen LogP contribution is -2.40. The smallest absolute Gasteiger partial charge is 0.326 e. The van der Waals surface area contributed by atoms with Crippen molar-refractivity contribution in [3.05, 3.63) is 33.8 Å². The molecule has 0 radical (unpaired) electrons. The van der Waals surface area contributed by atoms with Crippen LogP contribution < -0.4 is 5.32 Å². The second-order valence-corrected chi connectivity index (χ2v) is 4.97. The van der Waals surface area contributed by atoms with Crippen LogP contribution in [0.3, 0.4) is 0 Å². The highest BCUT2D eigenvalue weighted by atomic mass is 35.5. The quantitative estimate of drug-likeness (QED) is 0.847. The molecule has 1 atom stereocenters. The van der Waals surface area contributed by atoms with E-state index in [1.807, 2.05) is 6.92 Å². The molecule has 2 N–H and O–H groups in total. The van der Waals surface area contributed by atoms with Crippen molar-refractivity contribution in [1.82, 2.24) is 5.32 Å². The van der Waals surface area contributed by atoms with Crippen LogP contribution in [-0.2, 0) is 4.79 Å². The third kappa shape index (κ3) is 4.73. The lowest BCUT2D eigenvalue weighted by Gasteiger charge is -2.14. The number of carboxylic acids is 1. The zero-order valence-corrected chi connectivity index (χ0v) is 12.0. The maximum Gasteiger partial charge on any atom is 0.326 e. The summed E-state index contributed by atoms with van der Waals surface area (Å²) in [6, 6.07) is 3.56. The Bertz CT molecular complexity index is 477. The minimum Gasteiger partial charge on any atom is -0.480 e. The molecule has 0 fully saturated rings. The molecule has 0 aliphatic heterocycles. The van der Waals surface area contributed by atoms with Crippen LogP contribution in [0.15, 0.2) is 18.2 Å². The van der Waals surface area contributed by atoms with Gasteiger partial charge in [-0.2, -0.15) is 0 Å². The molecule has 104 valence electrons. The van der Waals surface area contributed by atoms with Gasteiger partial charge in [0.05, 0.1) is 10.6 Å². The Morgan fingerprint density at radius 1 is 1.37 bits per heavy atom. The number of nitrogens with one attached hydrogen (secondary N) is 1. The number of rotatable bonds is 6. The van der Waals surface area contributed by atoms with Gasteiger partial charge in [-0.15, -0.1) is 0 Å². The zero-order chi connectivity index (χ0) is 14.4. The van der Waals surface area contributed by atoms with E-state index >= 15 is 0 Å². The molecule has 1 aromatic rings. The number of halogens is 2. The average Bonchev–Trinajstić information content (AvgIpc) is 2.36. The molecule has 6 heteroatoms. The Kier molecular flexibility index (Phi) is 6.12. The van der Waals surface area contributed by atoms with E-state index in [1.54, 1.807) is 6.07 Å². The number of carbonyl (C=O) groups excluding carboxylic acids is 1. The number of hydrogen-bond acceptors (Lipinski definition) is 2. The van der Waals surface area contributed by atoms with Gasteiger partial charge in [-0.05, 0) is 24.6 Å². The number of aliphatic carboxylic acids is 1. The van der Waals surface area contributed by atoms with Crippen LogP contribution in [0.5, 0.6) is 0 Å². The topological polar surface area (TPSA) is 66.4 Å². The van der Waals surface area contributed by atoms with Crippen LogP contribution in [0.2, 0.25) is 10.0 Å². The summed E-state index contributed by atoms with van der Waals surface area (Å²) in [5.41, 5.74) is 0.178. The summed E-state index contributed by atoms with van der Waals surface area (Å²) in [5, 5.41) is 12.1. The molecule has 0 aliphatic rings. The summed E-state index contributed by atoms with van der Waals surface area (Å²) in [4.78, 5) is 23.0. The van der Waals surface area contributed by atoms with E-state index in [4.69, 9.17) is 28.3 Å². The Labute approximate surface area is 121 Å². The predicted octanol–water partition coefficient (Wildman–Crippen LogP) is 3.37. The van der Waals surface area contributed by atoms with Crippen molar-refractivity contribution < 1.29 is 14.7 Å².